The molecule has 0 fully saturated rings. The molecule has 0 aliphatic carbocycles. The van der Waals surface area contributed by atoms with Gasteiger partial charge < -0.3 is 10.4 Å². The largest absolute Gasteiger partial charge is 0.393 e. The molecule has 0 spiro atoms. The van der Waals surface area contributed by atoms with Gasteiger partial charge in [-0.05, 0) is 33.7 Å². The molecule has 0 aromatic carbocycles. The zero-order valence-electron chi connectivity index (χ0n) is 6.52. The lowest BCUT2D eigenvalue weighted by molar-refractivity contribution is 0.177. The standard InChI is InChI=1S/C7H17NO/c1-6(8-3)4-5-7(2)9/h6-9H,4-5H2,1-3H3/t6-,7-/m1/s1. The van der Waals surface area contributed by atoms with Crippen molar-refractivity contribution in [3.63, 3.8) is 0 Å². The molecule has 2 atom stereocenters. The van der Waals surface area contributed by atoms with Crippen molar-refractivity contribution in [2.75, 3.05) is 7.05 Å². The van der Waals surface area contributed by atoms with Crippen molar-refractivity contribution in [1.82, 2.24) is 5.32 Å². The molecule has 2 heteroatoms. The van der Waals surface area contributed by atoms with Gasteiger partial charge in [-0.2, -0.15) is 0 Å². The average Bonchev–Trinajstić information content (AvgIpc) is 1.83. The quantitative estimate of drug-likeness (QED) is 0.590. The third-order valence-electron chi connectivity index (χ3n) is 1.51. The van der Waals surface area contributed by atoms with Gasteiger partial charge in [-0.1, -0.05) is 0 Å². The molecule has 0 saturated carbocycles. The van der Waals surface area contributed by atoms with Crippen molar-refractivity contribution in [1.29, 1.82) is 0 Å². The molecule has 0 unspecified atom stereocenters. The predicted octanol–water partition coefficient (Wildman–Crippen LogP) is 0.755. The average molecular weight is 131 g/mol. The molecule has 9 heavy (non-hydrogen) atoms. The number of nitrogens with one attached hydrogen (secondary N) is 1. The SMILES string of the molecule is CN[C@H](C)CC[C@@H](C)O. The third kappa shape index (κ3) is 5.80. The molecule has 0 aliphatic rings. The van der Waals surface area contributed by atoms with Gasteiger partial charge in [0.05, 0.1) is 6.10 Å². The van der Waals surface area contributed by atoms with E-state index in [1.807, 2.05) is 14.0 Å². The molecule has 0 saturated heterocycles. The summed E-state index contributed by atoms with van der Waals surface area (Å²) >= 11 is 0. The van der Waals surface area contributed by atoms with Crippen LogP contribution in [0.15, 0.2) is 0 Å². The minimum Gasteiger partial charge on any atom is -0.393 e. The first-order valence-corrected chi connectivity index (χ1v) is 3.52. The molecule has 0 aromatic rings. The monoisotopic (exact) mass is 131 g/mol. The lowest BCUT2D eigenvalue weighted by Crippen LogP contribution is -2.22. The Kier molecular flexibility index (Phi) is 4.72. The molecule has 2 nitrogen and oxygen atoms in total. The first kappa shape index (κ1) is 8.92. The van der Waals surface area contributed by atoms with Crippen LogP contribution in [-0.4, -0.2) is 24.3 Å². The highest BCUT2D eigenvalue weighted by Gasteiger charge is 1.99. The fraction of sp³-hybridized carbons (Fsp3) is 1.00. The number of hydrogen-bond donors (Lipinski definition) is 2. The van der Waals surface area contributed by atoms with E-state index in [0.717, 1.165) is 12.8 Å². The van der Waals surface area contributed by atoms with E-state index in [4.69, 9.17) is 5.11 Å². The topological polar surface area (TPSA) is 32.3 Å². The van der Waals surface area contributed by atoms with Crippen LogP contribution in [0.5, 0.6) is 0 Å². The summed E-state index contributed by atoms with van der Waals surface area (Å²) in [4.78, 5) is 0. The van der Waals surface area contributed by atoms with Gasteiger partial charge in [-0.15, -0.1) is 0 Å². The van der Waals surface area contributed by atoms with Crippen LogP contribution in [0.25, 0.3) is 0 Å². The Morgan fingerprint density at radius 2 is 1.89 bits per heavy atom. The molecular formula is C7H17NO. The van der Waals surface area contributed by atoms with Gasteiger partial charge >= 0.3 is 0 Å². The van der Waals surface area contributed by atoms with Crippen LogP contribution in [0.3, 0.4) is 0 Å². The molecule has 56 valence electrons. The zero-order chi connectivity index (χ0) is 7.28. The lowest BCUT2D eigenvalue weighted by Gasteiger charge is -2.10. The van der Waals surface area contributed by atoms with E-state index < -0.39 is 0 Å². The van der Waals surface area contributed by atoms with Crippen molar-refractivity contribution in [3.05, 3.63) is 0 Å². The van der Waals surface area contributed by atoms with E-state index in [9.17, 15) is 0 Å². The summed E-state index contributed by atoms with van der Waals surface area (Å²) in [5.41, 5.74) is 0. The van der Waals surface area contributed by atoms with Crippen molar-refractivity contribution in [3.8, 4) is 0 Å². The van der Waals surface area contributed by atoms with Gasteiger partial charge in [0.2, 0.25) is 0 Å². The van der Waals surface area contributed by atoms with Gasteiger partial charge in [0, 0.05) is 6.04 Å². The molecule has 0 aliphatic heterocycles. The summed E-state index contributed by atoms with van der Waals surface area (Å²) in [5, 5.41) is 12.0. The second kappa shape index (κ2) is 4.77. The molecule has 0 aromatic heterocycles. The Morgan fingerprint density at radius 3 is 2.22 bits per heavy atom. The van der Waals surface area contributed by atoms with Crippen LogP contribution < -0.4 is 5.32 Å². The fourth-order valence-electron chi connectivity index (χ4n) is 0.636. The Balaban J connectivity index is 3.06. The molecule has 0 heterocycles. The van der Waals surface area contributed by atoms with Crippen LogP contribution in [0.1, 0.15) is 26.7 Å². The highest BCUT2D eigenvalue weighted by Crippen LogP contribution is 1.98. The maximum Gasteiger partial charge on any atom is 0.0512 e. The maximum absolute atomic E-state index is 8.87. The first-order chi connectivity index (χ1) is 4.16. The summed E-state index contributed by atoms with van der Waals surface area (Å²) in [6, 6.07) is 0.527. The van der Waals surface area contributed by atoms with Crippen LogP contribution in [0.4, 0.5) is 0 Å². The third-order valence-corrected chi connectivity index (χ3v) is 1.51. The number of aliphatic hydroxyl groups excluding tert-OH is 1. The van der Waals surface area contributed by atoms with Gasteiger partial charge in [-0.25, -0.2) is 0 Å². The smallest absolute Gasteiger partial charge is 0.0512 e. The second-order valence-corrected chi connectivity index (χ2v) is 2.62. The van der Waals surface area contributed by atoms with E-state index in [0.29, 0.717) is 6.04 Å². The predicted molar refractivity (Wildman–Crippen MR) is 39.4 cm³/mol. The Hall–Kier alpha value is -0.0800. The van der Waals surface area contributed by atoms with E-state index >= 15 is 0 Å². The minimum atomic E-state index is -0.152. The van der Waals surface area contributed by atoms with Crippen LogP contribution in [-0.2, 0) is 0 Å². The zero-order valence-corrected chi connectivity index (χ0v) is 6.52. The summed E-state index contributed by atoms with van der Waals surface area (Å²) in [7, 11) is 1.94. The minimum absolute atomic E-state index is 0.152. The van der Waals surface area contributed by atoms with Gasteiger partial charge in [0.25, 0.3) is 0 Å². The van der Waals surface area contributed by atoms with Gasteiger partial charge in [0.1, 0.15) is 0 Å². The van der Waals surface area contributed by atoms with E-state index in [1.54, 1.807) is 0 Å². The Morgan fingerprint density at radius 1 is 1.33 bits per heavy atom. The van der Waals surface area contributed by atoms with E-state index in [-0.39, 0.29) is 6.10 Å². The number of rotatable bonds is 4. The lowest BCUT2D eigenvalue weighted by atomic mass is 10.1. The van der Waals surface area contributed by atoms with Crippen LogP contribution in [0, 0.1) is 0 Å². The van der Waals surface area contributed by atoms with Crippen LogP contribution >= 0.6 is 0 Å². The highest BCUT2D eigenvalue weighted by molar-refractivity contribution is 4.58. The van der Waals surface area contributed by atoms with Crippen LogP contribution in [0.2, 0.25) is 0 Å². The van der Waals surface area contributed by atoms with Gasteiger partial charge in [-0.3, -0.25) is 0 Å². The normalized spacial score (nSPS) is 17.3. The fourth-order valence-corrected chi connectivity index (χ4v) is 0.636. The van der Waals surface area contributed by atoms with Crippen molar-refractivity contribution >= 4 is 0 Å². The maximum atomic E-state index is 8.87. The summed E-state index contributed by atoms with van der Waals surface area (Å²) < 4.78 is 0. The Bertz CT molecular complexity index is 63.9. The molecule has 0 rings (SSSR count). The molecule has 0 amide bonds. The summed E-state index contributed by atoms with van der Waals surface area (Å²) in [6.07, 6.45) is 1.79. The van der Waals surface area contributed by atoms with Crippen molar-refractivity contribution < 1.29 is 5.11 Å². The Labute approximate surface area is 57.3 Å². The number of hydrogen-bond acceptors (Lipinski definition) is 2. The second-order valence-electron chi connectivity index (χ2n) is 2.62. The van der Waals surface area contributed by atoms with Crippen molar-refractivity contribution in [2.24, 2.45) is 0 Å². The highest BCUT2D eigenvalue weighted by atomic mass is 16.3. The number of aliphatic hydroxyl groups is 1. The first-order valence-electron chi connectivity index (χ1n) is 3.52. The summed E-state index contributed by atoms with van der Waals surface area (Å²) in [5.74, 6) is 0. The van der Waals surface area contributed by atoms with E-state index in [2.05, 4.69) is 12.2 Å². The van der Waals surface area contributed by atoms with Gasteiger partial charge in [0.15, 0.2) is 0 Å². The molecule has 0 radical (unpaired) electrons. The van der Waals surface area contributed by atoms with Crippen molar-refractivity contribution in [2.45, 2.75) is 38.8 Å². The summed E-state index contributed by atoms with van der Waals surface area (Å²) in [6.45, 7) is 3.94. The molecule has 2 N–H and O–H groups in total. The van der Waals surface area contributed by atoms with E-state index in [1.165, 1.54) is 0 Å². The molecular weight excluding hydrogens is 114 g/mol. The molecule has 0 bridgehead atoms.